The summed E-state index contributed by atoms with van der Waals surface area (Å²) in [6.45, 7) is 3.12. The molecule has 142 valence electrons. The number of thiazole rings is 1. The largest absolute Gasteiger partial charge is 0.336 e. The van der Waals surface area contributed by atoms with E-state index in [0.717, 1.165) is 21.8 Å². The number of halogens is 1. The summed E-state index contributed by atoms with van der Waals surface area (Å²) in [6.07, 6.45) is 0. The Hall–Kier alpha value is -3.26. The second-order valence-electron chi connectivity index (χ2n) is 6.32. The number of carbonyl (C=O) groups is 2. The van der Waals surface area contributed by atoms with E-state index in [1.54, 1.807) is 41.3 Å². The molecule has 0 saturated carbocycles. The molecular formula is C20H17FN4O2S. The standard InChI is InChI=1S/C20H17FN4O2S/c1-12-17(13-2-6-15(21)7-3-13)23-19(28-12)24-18(26)14-4-8-16(9-5-14)25-11-10-22-20(25)27/h2-9H,10-11H2,1H3,(H,22,27)(H,23,24,26). The Kier molecular flexibility index (Phi) is 4.79. The first kappa shape index (κ1) is 18.1. The van der Waals surface area contributed by atoms with Crippen molar-refractivity contribution in [3.8, 4) is 11.3 Å². The molecule has 1 aliphatic rings. The maximum absolute atomic E-state index is 13.1. The number of nitrogens with one attached hydrogen (secondary N) is 2. The summed E-state index contributed by atoms with van der Waals surface area (Å²) in [6, 6.07) is 12.8. The Bertz CT molecular complexity index is 1030. The first-order valence-electron chi connectivity index (χ1n) is 8.71. The molecule has 0 spiro atoms. The van der Waals surface area contributed by atoms with E-state index >= 15 is 0 Å². The van der Waals surface area contributed by atoms with Crippen molar-refractivity contribution < 1.29 is 14.0 Å². The summed E-state index contributed by atoms with van der Waals surface area (Å²) < 4.78 is 13.1. The zero-order valence-corrected chi connectivity index (χ0v) is 15.8. The van der Waals surface area contributed by atoms with E-state index in [0.29, 0.717) is 23.8 Å². The molecule has 0 unspecified atom stereocenters. The van der Waals surface area contributed by atoms with Gasteiger partial charge in [0, 0.05) is 34.8 Å². The summed E-state index contributed by atoms with van der Waals surface area (Å²) in [5, 5.41) is 6.02. The molecule has 1 saturated heterocycles. The number of anilines is 2. The fourth-order valence-corrected chi connectivity index (χ4v) is 3.84. The van der Waals surface area contributed by atoms with Gasteiger partial charge in [-0.15, -0.1) is 11.3 Å². The SMILES string of the molecule is Cc1sc(NC(=O)c2ccc(N3CCNC3=O)cc2)nc1-c1ccc(F)cc1. The van der Waals surface area contributed by atoms with E-state index in [2.05, 4.69) is 15.6 Å². The monoisotopic (exact) mass is 396 g/mol. The van der Waals surface area contributed by atoms with Crippen molar-refractivity contribution in [1.29, 1.82) is 0 Å². The summed E-state index contributed by atoms with van der Waals surface area (Å²) in [7, 11) is 0. The van der Waals surface area contributed by atoms with Gasteiger partial charge in [-0.2, -0.15) is 0 Å². The second-order valence-corrected chi connectivity index (χ2v) is 7.52. The first-order valence-corrected chi connectivity index (χ1v) is 9.53. The van der Waals surface area contributed by atoms with Gasteiger partial charge in [-0.3, -0.25) is 15.0 Å². The van der Waals surface area contributed by atoms with Crippen LogP contribution in [0.4, 0.5) is 20.0 Å². The van der Waals surface area contributed by atoms with E-state index in [9.17, 15) is 14.0 Å². The number of rotatable bonds is 4. The van der Waals surface area contributed by atoms with Gasteiger partial charge in [0.1, 0.15) is 5.82 Å². The van der Waals surface area contributed by atoms with E-state index in [1.807, 2.05) is 6.92 Å². The predicted octanol–water partition coefficient (Wildman–Crippen LogP) is 4.04. The molecule has 8 heteroatoms. The Morgan fingerprint density at radius 3 is 2.54 bits per heavy atom. The van der Waals surface area contributed by atoms with Crippen molar-refractivity contribution in [1.82, 2.24) is 10.3 Å². The van der Waals surface area contributed by atoms with E-state index < -0.39 is 0 Å². The van der Waals surface area contributed by atoms with Gasteiger partial charge in [-0.25, -0.2) is 14.2 Å². The number of hydrogen-bond donors (Lipinski definition) is 2. The van der Waals surface area contributed by atoms with Crippen LogP contribution < -0.4 is 15.5 Å². The summed E-state index contributed by atoms with van der Waals surface area (Å²) in [5.41, 5.74) is 2.73. The second kappa shape index (κ2) is 7.40. The summed E-state index contributed by atoms with van der Waals surface area (Å²) >= 11 is 1.36. The van der Waals surface area contributed by atoms with Crippen LogP contribution in [0.2, 0.25) is 0 Å². The molecule has 3 aromatic rings. The maximum atomic E-state index is 13.1. The highest BCUT2D eigenvalue weighted by atomic mass is 32.1. The lowest BCUT2D eigenvalue weighted by Gasteiger charge is -2.14. The predicted molar refractivity (Wildman–Crippen MR) is 107 cm³/mol. The third kappa shape index (κ3) is 3.59. The smallest absolute Gasteiger partial charge is 0.321 e. The van der Waals surface area contributed by atoms with Crippen LogP contribution in [-0.2, 0) is 0 Å². The van der Waals surface area contributed by atoms with Crippen molar-refractivity contribution in [2.24, 2.45) is 0 Å². The number of aromatic nitrogens is 1. The van der Waals surface area contributed by atoms with Crippen LogP contribution in [0.1, 0.15) is 15.2 Å². The number of amides is 3. The lowest BCUT2D eigenvalue weighted by atomic mass is 10.1. The fraction of sp³-hybridized carbons (Fsp3) is 0.150. The molecule has 0 bridgehead atoms. The van der Waals surface area contributed by atoms with Crippen LogP contribution in [0.3, 0.4) is 0 Å². The minimum Gasteiger partial charge on any atom is -0.336 e. The molecule has 2 heterocycles. The van der Waals surface area contributed by atoms with Gasteiger partial charge < -0.3 is 5.32 Å². The lowest BCUT2D eigenvalue weighted by molar-refractivity contribution is 0.102. The molecule has 2 aromatic carbocycles. The molecule has 6 nitrogen and oxygen atoms in total. The number of benzene rings is 2. The lowest BCUT2D eigenvalue weighted by Crippen LogP contribution is -2.27. The van der Waals surface area contributed by atoms with Gasteiger partial charge in [0.05, 0.1) is 5.69 Å². The minimum absolute atomic E-state index is 0.135. The van der Waals surface area contributed by atoms with Crippen LogP contribution in [0.15, 0.2) is 48.5 Å². The third-order valence-electron chi connectivity index (χ3n) is 4.43. The van der Waals surface area contributed by atoms with Crippen LogP contribution >= 0.6 is 11.3 Å². The Morgan fingerprint density at radius 2 is 1.89 bits per heavy atom. The molecule has 3 amide bonds. The number of urea groups is 1. The van der Waals surface area contributed by atoms with Gasteiger partial charge in [-0.1, -0.05) is 0 Å². The molecule has 1 fully saturated rings. The molecule has 2 N–H and O–H groups in total. The quantitative estimate of drug-likeness (QED) is 0.699. The van der Waals surface area contributed by atoms with Crippen molar-refractivity contribution in [2.45, 2.75) is 6.92 Å². The van der Waals surface area contributed by atoms with Crippen molar-refractivity contribution >= 4 is 34.1 Å². The molecular weight excluding hydrogens is 379 g/mol. The van der Waals surface area contributed by atoms with Gasteiger partial charge in [0.25, 0.3) is 5.91 Å². The highest BCUT2D eigenvalue weighted by molar-refractivity contribution is 7.16. The van der Waals surface area contributed by atoms with Gasteiger partial charge in [-0.05, 0) is 55.5 Å². The summed E-state index contributed by atoms with van der Waals surface area (Å²) in [4.78, 5) is 31.3. The number of hydrogen-bond acceptors (Lipinski definition) is 4. The summed E-state index contributed by atoms with van der Waals surface area (Å²) in [5.74, 6) is -0.586. The maximum Gasteiger partial charge on any atom is 0.321 e. The Labute approximate surface area is 165 Å². The molecule has 0 aliphatic carbocycles. The topological polar surface area (TPSA) is 74.3 Å². The third-order valence-corrected chi connectivity index (χ3v) is 5.32. The zero-order chi connectivity index (χ0) is 19.7. The highest BCUT2D eigenvalue weighted by Gasteiger charge is 2.21. The highest BCUT2D eigenvalue weighted by Crippen LogP contribution is 2.30. The van der Waals surface area contributed by atoms with Gasteiger partial charge in [0.15, 0.2) is 5.13 Å². The van der Waals surface area contributed by atoms with Crippen molar-refractivity contribution in [3.05, 3.63) is 64.8 Å². The molecule has 1 aliphatic heterocycles. The van der Waals surface area contributed by atoms with E-state index in [1.165, 1.54) is 23.5 Å². The molecule has 4 rings (SSSR count). The normalized spacial score (nSPS) is 13.5. The number of aryl methyl sites for hydroxylation is 1. The zero-order valence-electron chi connectivity index (χ0n) is 15.0. The van der Waals surface area contributed by atoms with Gasteiger partial charge >= 0.3 is 6.03 Å². The van der Waals surface area contributed by atoms with Crippen LogP contribution in [0.25, 0.3) is 11.3 Å². The minimum atomic E-state index is -0.306. The molecule has 0 radical (unpaired) electrons. The average molecular weight is 396 g/mol. The van der Waals surface area contributed by atoms with Crippen molar-refractivity contribution in [2.75, 3.05) is 23.3 Å². The van der Waals surface area contributed by atoms with E-state index in [4.69, 9.17) is 0 Å². The van der Waals surface area contributed by atoms with Crippen LogP contribution in [0, 0.1) is 12.7 Å². The fourth-order valence-electron chi connectivity index (χ4n) is 3.01. The average Bonchev–Trinajstić information content (AvgIpc) is 3.28. The number of nitrogens with zero attached hydrogens (tertiary/aromatic N) is 2. The van der Waals surface area contributed by atoms with Crippen LogP contribution in [0.5, 0.6) is 0 Å². The molecule has 0 atom stereocenters. The van der Waals surface area contributed by atoms with Crippen LogP contribution in [-0.4, -0.2) is 30.0 Å². The Morgan fingerprint density at radius 1 is 1.18 bits per heavy atom. The van der Waals surface area contributed by atoms with Gasteiger partial charge in [0.2, 0.25) is 0 Å². The number of carbonyl (C=O) groups excluding carboxylic acids is 2. The Balaban J connectivity index is 1.48. The van der Waals surface area contributed by atoms with Crippen molar-refractivity contribution in [3.63, 3.8) is 0 Å². The molecule has 1 aromatic heterocycles. The van der Waals surface area contributed by atoms with E-state index in [-0.39, 0.29) is 17.8 Å². The molecule has 28 heavy (non-hydrogen) atoms. The first-order chi connectivity index (χ1) is 13.5.